The quantitative estimate of drug-likeness (QED) is 0.864. The van der Waals surface area contributed by atoms with E-state index in [1.165, 1.54) is 11.3 Å². The van der Waals surface area contributed by atoms with Gasteiger partial charge in [-0.2, -0.15) is 11.3 Å². The molecule has 0 bridgehead atoms. The highest BCUT2D eigenvalue weighted by molar-refractivity contribution is 7.15. The van der Waals surface area contributed by atoms with Crippen LogP contribution in [0.3, 0.4) is 0 Å². The van der Waals surface area contributed by atoms with Crippen molar-refractivity contribution in [1.82, 2.24) is 0 Å². The highest BCUT2D eigenvalue weighted by Gasteiger charge is 2.20. The van der Waals surface area contributed by atoms with Gasteiger partial charge < -0.3 is 10.5 Å². The Balaban J connectivity index is 2.40. The lowest BCUT2D eigenvalue weighted by atomic mass is 10.1. The third kappa shape index (κ3) is 2.50. The molecule has 0 saturated heterocycles. The van der Waals surface area contributed by atoms with Gasteiger partial charge in [0.15, 0.2) is 0 Å². The zero-order valence-electron chi connectivity index (χ0n) is 9.60. The van der Waals surface area contributed by atoms with E-state index < -0.39 is 0 Å². The van der Waals surface area contributed by atoms with Crippen molar-refractivity contribution in [2.75, 3.05) is 5.73 Å². The van der Waals surface area contributed by atoms with Crippen LogP contribution in [0.1, 0.15) is 24.2 Å². The lowest BCUT2D eigenvalue weighted by Gasteiger charge is -2.08. The number of thiophene rings is 2. The number of hydrogen-bond acceptors (Lipinski definition) is 5. The van der Waals surface area contributed by atoms with Crippen LogP contribution in [-0.4, -0.2) is 12.1 Å². The minimum atomic E-state index is -0.347. The summed E-state index contributed by atoms with van der Waals surface area (Å²) in [5.41, 5.74) is 8.21. The van der Waals surface area contributed by atoms with Crippen molar-refractivity contribution in [3.05, 3.63) is 27.8 Å². The Labute approximate surface area is 108 Å². The normalized spacial score (nSPS) is 10.8. The standard InChI is InChI=1S/C12H13NO2S2/c1-7(2)15-12(14)10-9(6-17-11(10)13)8-3-4-16-5-8/h3-7H,13H2,1-2H3. The summed E-state index contributed by atoms with van der Waals surface area (Å²) in [5, 5.41) is 6.37. The van der Waals surface area contributed by atoms with Crippen molar-refractivity contribution >= 4 is 33.6 Å². The van der Waals surface area contributed by atoms with Crippen LogP contribution < -0.4 is 5.73 Å². The zero-order chi connectivity index (χ0) is 12.4. The first-order valence-corrected chi connectivity index (χ1v) is 7.02. The maximum atomic E-state index is 12.0. The van der Waals surface area contributed by atoms with Crippen LogP contribution in [0.4, 0.5) is 5.00 Å². The van der Waals surface area contributed by atoms with Gasteiger partial charge in [-0.1, -0.05) is 0 Å². The smallest absolute Gasteiger partial charge is 0.342 e. The Morgan fingerprint density at radius 3 is 2.76 bits per heavy atom. The number of carbonyl (C=O) groups is 1. The molecule has 2 heterocycles. The molecule has 2 aromatic heterocycles. The maximum absolute atomic E-state index is 12.0. The van der Waals surface area contributed by atoms with E-state index in [1.807, 2.05) is 36.1 Å². The van der Waals surface area contributed by atoms with Gasteiger partial charge in [-0.05, 0) is 36.2 Å². The monoisotopic (exact) mass is 267 g/mol. The molecule has 3 nitrogen and oxygen atoms in total. The second kappa shape index (κ2) is 4.89. The van der Waals surface area contributed by atoms with Gasteiger partial charge in [-0.3, -0.25) is 0 Å². The molecular formula is C12H13NO2S2. The van der Waals surface area contributed by atoms with Crippen LogP contribution in [0.2, 0.25) is 0 Å². The van der Waals surface area contributed by atoms with Crippen LogP contribution in [0, 0.1) is 0 Å². The Bertz CT molecular complexity index is 515. The Morgan fingerprint density at radius 1 is 1.41 bits per heavy atom. The van der Waals surface area contributed by atoms with E-state index in [1.54, 1.807) is 11.3 Å². The summed E-state index contributed by atoms with van der Waals surface area (Å²) < 4.78 is 5.21. The van der Waals surface area contributed by atoms with Gasteiger partial charge in [0.1, 0.15) is 10.6 Å². The third-order valence-electron chi connectivity index (χ3n) is 2.20. The van der Waals surface area contributed by atoms with E-state index in [0.717, 1.165) is 11.1 Å². The summed E-state index contributed by atoms with van der Waals surface area (Å²) in [5.74, 6) is -0.347. The highest BCUT2D eigenvalue weighted by atomic mass is 32.1. The number of nitrogens with two attached hydrogens (primary N) is 1. The number of hydrogen-bond donors (Lipinski definition) is 1. The van der Waals surface area contributed by atoms with Gasteiger partial charge in [0.2, 0.25) is 0 Å². The first-order chi connectivity index (χ1) is 8.09. The SMILES string of the molecule is CC(C)OC(=O)c1c(-c2ccsc2)csc1N. The molecule has 2 rings (SSSR count). The van der Waals surface area contributed by atoms with E-state index in [2.05, 4.69) is 0 Å². The fraction of sp³-hybridized carbons (Fsp3) is 0.250. The molecule has 0 unspecified atom stereocenters. The fourth-order valence-corrected chi connectivity index (χ4v) is 2.95. The molecule has 0 aliphatic heterocycles. The number of anilines is 1. The van der Waals surface area contributed by atoms with Crippen molar-refractivity contribution in [3.63, 3.8) is 0 Å². The van der Waals surface area contributed by atoms with Crippen LogP contribution in [0.5, 0.6) is 0 Å². The fourth-order valence-electron chi connectivity index (χ4n) is 1.49. The summed E-state index contributed by atoms with van der Waals surface area (Å²) in [6, 6.07) is 1.97. The number of ether oxygens (including phenoxy) is 1. The first kappa shape index (κ1) is 12.1. The molecule has 0 saturated carbocycles. The summed E-state index contributed by atoms with van der Waals surface area (Å²) in [6.45, 7) is 3.65. The molecule has 5 heteroatoms. The molecule has 0 aromatic carbocycles. The van der Waals surface area contributed by atoms with Crippen molar-refractivity contribution in [2.24, 2.45) is 0 Å². The van der Waals surface area contributed by atoms with Gasteiger partial charge in [0, 0.05) is 10.9 Å². The molecule has 0 amide bonds. The average molecular weight is 267 g/mol. The molecule has 0 aliphatic rings. The molecular weight excluding hydrogens is 254 g/mol. The van der Waals surface area contributed by atoms with E-state index in [9.17, 15) is 4.79 Å². The lowest BCUT2D eigenvalue weighted by molar-refractivity contribution is 0.0380. The summed E-state index contributed by atoms with van der Waals surface area (Å²) >= 11 is 2.96. The molecule has 2 N–H and O–H groups in total. The number of carbonyl (C=O) groups excluding carboxylic acids is 1. The van der Waals surface area contributed by atoms with Crippen molar-refractivity contribution in [1.29, 1.82) is 0 Å². The average Bonchev–Trinajstić information content (AvgIpc) is 2.84. The van der Waals surface area contributed by atoms with E-state index in [4.69, 9.17) is 10.5 Å². The maximum Gasteiger partial charge on any atom is 0.342 e. The molecule has 90 valence electrons. The number of nitrogen functional groups attached to an aromatic ring is 1. The first-order valence-electron chi connectivity index (χ1n) is 5.20. The second-order valence-electron chi connectivity index (χ2n) is 3.85. The van der Waals surface area contributed by atoms with Crippen molar-refractivity contribution in [3.8, 4) is 11.1 Å². The molecule has 0 aliphatic carbocycles. The van der Waals surface area contributed by atoms with Crippen LogP contribution in [-0.2, 0) is 4.74 Å². The van der Waals surface area contributed by atoms with Gasteiger partial charge >= 0.3 is 5.97 Å². The molecule has 17 heavy (non-hydrogen) atoms. The molecule has 0 spiro atoms. The van der Waals surface area contributed by atoms with Gasteiger partial charge in [0.05, 0.1) is 6.10 Å². The minimum absolute atomic E-state index is 0.142. The number of esters is 1. The number of rotatable bonds is 3. The minimum Gasteiger partial charge on any atom is -0.459 e. The lowest BCUT2D eigenvalue weighted by Crippen LogP contribution is -2.13. The van der Waals surface area contributed by atoms with E-state index in [0.29, 0.717) is 10.6 Å². The molecule has 0 fully saturated rings. The summed E-state index contributed by atoms with van der Waals surface area (Å²) in [4.78, 5) is 12.0. The Hall–Kier alpha value is -1.33. The van der Waals surface area contributed by atoms with E-state index >= 15 is 0 Å². The van der Waals surface area contributed by atoms with Crippen molar-refractivity contribution < 1.29 is 9.53 Å². The Morgan fingerprint density at radius 2 is 2.18 bits per heavy atom. The molecule has 0 atom stereocenters. The summed E-state index contributed by atoms with van der Waals surface area (Å²) in [6.07, 6.45) is -0.142. The van der Waals surface area contributed by atoms with Crippen molar-refractivity contribution in [2.45, 2.75) is 20.0 Å². The van der Waals surface area contributed by atoms with Crippen LogP contribution >= 0.6 is 22.7 Å². The van der Waals surface area contributed by atoms with Gasteiger partial charge in [-0.25, -0.2) is 4.79 Å². The third-order valence-corrected chi connectivity index (χ3v) is 3.69. The van der Waals surface area contributed by atoms with E-state index in [-0.39, 0.29) is 12.1 Å². The zero-order valence-corrected chi connectivity index (χ0v) is 11.2. The predicted octanol–water partition coefficient (Wildman–Crippen LogP) is 3.62. The largest absolute Gasteiger partial charge is 0.459 e. The highest BCUT2D eigenvalue weighted by Crippen LogP contribution is 2.35. The van der Waals surface area contributed by atoms with Crippen LogP contribution in [0.25, 0.3) is 11.1 Å². The van der Waals surface area contributed by atoms with Crippen LogP contribution in [0.15, 0.2) is 22.2 Å². The molecule has 2 aromatic rings. The summed E-state index contributed by atoms with van der Waals surface area (Å²) in [7, 11) is 0. The second-order valence-corrected chi connectivity index (χ2v) is 5.55. The predicted molar refractivity (Wildman–Crippen MR) is 72.6 cm³/mol. The van der Waals surface area contributed by atoms with Gasteiger partial charge in [-0.15, -0.1) is 11.3 Å². The Kier molecular flexibility index (Phi) is 3.49. The topological polar surface area (TPSA) is 52.3 Å². The van der Waals surface area contributed by atoms with Gasteiger partial charge in [0.25, 0.3) is 0 Å². The molecule has 0 radical (unpaired) electrons.